The van der Waals surface area contributed by atoms with E-state index in [4.69, 9.17) is 21.6 Å². The average Bonchev–Trinajstić information content (AvgIpc) is 3.24. The van der Waals surface area contributed by atoms with Gasteiger partial charge in [-0.3, -0.25) is 4.79 Å². The number of para-hydroxylation sites is 1. The van der Waals surface area contributed by atoms with Crippen molar-refractivity contribution < 1.29 is 4.79 Å². The summed E-state index contributed by atoms with van der Waals surface area (Å²) in [4.78, 5) is 24.6. The lowest BCUT2D eigenvalue weighted by Crippen LogP contribution is -2.30. The zero-order chi connectivity index (χ0) is 22.5. The molecule has 5 nitrogen and oxygen atoms in total. The van der Waals surface area contributed by atoms with Crippen LogP contribution < -0.4 is 10.2 Å². The second-order valence-electron chi connectivity index (χ2n) is 8.97. The highest BCUT2D eigenvalue weighted by Crippen LogP contribution is 2.32. The van der Waals surface area contributed by atoms with E-state index in [0.717, 1.165) is 47.8 Å². The summed E-state index contributed by atoms with van der Waals surface area (Å²) >= 11 is 7.26. The molecule has 0 bridgehead atoms. The number of nitrogens with zero attached hydrogens (tertiary/aromatic N) is 3. The van der Waals surface area contributed by atoms with Crippen molar-refractivity contribution in [1.82, 2.24) is 15.3 Å². The number of hydrogen-bond acceptors (Lipinski definition) is 5. The smallest absolute Gasteiger partial charge is 0.261 e. The van der Waals surface area contributed by atoms with Gasteiger partial charge in [-0.05, 0) is 55.4 Å². The number of aryl methyl sites for hydroxylation is 1. The summed E-state index contributed by atoms with van der Waals surface area (Å²) in [5.74, 6) is 3.29. The van der Waals surface area contributed by atoms with Crippen LogP contribution in [0.2, 0.25) is 4.34 Å². The molecule has 1 fully saturated rings. The maximum Gasteiger partial charge on any atom is 0.261 e. The van der Waals surface area contributed by atoms with Crippen LogP contribution in [-0.4, -0.2) is 36.5 Å². The minimum Gasteiger partial charge on any atom is -0.362 e. The molecule has 0 aliphatic heterocycles. The molecule has 0 spiro atoms. The highest BCUT2D eigenvalue weighted by molar-refractivity contribution is 7.17. The van der Waals surface area contributed by atoms with Crippen molar-refractivity contribution in [2.45, 2.75) is 44.9 Å². The van der Waals surface area contributed by atoms with E-state index in [1.807, 2.05) is 26.2 Å². The molecule has 0 radical (unpaired) electrons. The van der Waals surface area contributed by atoms with Gasteiger partial charge in [-0.25, -0.2) is 9.97 Å². The van der Waals surface area contributed by atoms with Crippen molar-refractivity contribution in [3.8, 4) is 0 Å². The number of nitrogens with one attached hydrogen (secondary N) is 1. The summed E-state index contributed by atoms with van der Waals surface area (Å²) in [6.45, 7) is 0.763. The van der Waals surface area contributed by atoms with Crippen LogP contribution in [0.5, 0.6) is 0 Å². The molecule has 2 heterocycles. The van der Waals surface area contributed by atoms with Crippen molar-refractivity contribution in [2.75, 3.05) is 25.5 Å². The minimum absolute atomic E-state index is 0.00324. The summed E-state index contributed by atoms with van der Waals surface area (Å²) in [6.07, 6.45) is 8.13. The number of carbonyl (C=O) groups excluding carboxylic acids is 1. The molecular formula is C25H31ClN4OS. The highest BCUT2D eigenvalue weighted by atomic mass is 35.5. The summed E-state index contributed by atoms with van der Waals surface area (Å²) in [7, 11) is 4.07. The molecule has 1 N–H and O–H groups in total. The Morgan fingerprint density at radius 1 is 1.09 bits per heavy atom. The van der Waals surface area contributed by atoms with Gasteiger partial charge < -0.3 is 10.2 Å². The zero-order valence-electron chi connectivity index (χ0n) is 18.8. The van der Waals surface area contributed by atoms with Crippen molar-refractivity contribution in [1.29, 1.82) is 0 Å². The average molecular weight is 471 g/mol. The number of fused-ring (bicyclic) bond motifs is 1. The predicted octanol–water partition coefficient (Wildman–Crippen LogP) is 5.97. The van der Waals surface area contributed by atoms with Crippen LogP contribution in [0.25, 0.3) is 10.9 Å². The Hall–Kier alpha value is -2.18. The van der Waals surface area contributed by atoms with Gasteiger partial charge in [0.05, 0.1) is 14.7 Å². The van der Waals surface area contributed by atoms with Gasteiger partial charge in [-0.1, -0.05) is 43.0 Å². The van der Waals surface area contributed by atoms with E-state index in [9.17, 15) is 4.79 Å². The van der Waals surface area contributed by atoms with E-state index in [1.54, 1.807) is 12.1 Å². The number of anilines is 1. The lowest BCUT2D eigenvalue weighted by atomic mass is 9.80. The van der Waals surface area contributed by atoms with Crippen molar-refractivity contribution in [2.24, 2.45) is 11.8 Å². The van der Waals surface area contributed by atoms with E-state index < -0.39 is 0 Å². The summed E-state index contributed by atoms with van der Waals surface area (Å²) in [6, 6.07) is 11.8. The van der Waals surface area contributed by atoms with Crippen LogP contribution >= 0.6 is 22.9 Å². The van der Waals surface area contributed by atoms with Crippen LogP contribution in [0.1, 0.15) is 54.0 Å². The molecule has 1 aliphatic rings. The topological polar surface area (TPSA) is 58.1 Å². The molecule has 4 rings (SSSR count). The maximum absolute atomic E-state index is 12.2. The molecular weight excluding hydrogens is 440 g/mol. The lowest BCUT2D eigenvalue weighted by Gasteiger charge is -2.28. The first kappa shape index (κ1) is 23.0. The third kappa shape index (κ3) is 5.78. The number of carbonyl (C=O) groups is 1. The molecule has 170 valence electrons. The van der Waals surface area contributed by atoms with E-state index in [0.29, 0.717) is 15.1 Å². The van der Waals surface area contributed by atoms with Gasteiger partial charge in [0.1, 0.15) is 11.6 Å². The van der Waals surface area contributed by atoms with E-state index in [1.165, 1.54) is 43.4 Å². The van der Waals surface area contributed by atoms with Crippen molar-refractivity contribution >= 4 is 45.6 Å². The molecule has 0 atom stereocenters. The third-order valence-corrected chi connectivity index (χ3v) is 7.61. The summed E-state index contributed by atoms with van der Waals surface area (Å²) in [5, 5.41) is 4.19. The summed E-state index contributed by atoms with van der Waals surface area (Å²) < 4.78 is 0.655. The lowest BCUT2D eigenvalue weighted by molar-refractivity contribution is 0.0945. The van der Waals surface area contributed by atoms with Crippen LogP contribution in [-0.2, 0) is 6.42 Å². The molecule has 1 aromatic carbocycles. The number of thiophene rings is 1. The van der Waals surface area contributed by atoms with Crippen molar-refractivity contribution in [3.63, 3.8) is 0 Å². The maximum atomic E-state index is 12.2. The molecule has 0 saturated heterocycles. The first-order valence-electron chi connectivity index (χ1n) is 11.5. The fourth-order valence-corrected chi connectivity index (χ4v) is 5.55. The second-order valence-corrected chi connectivity index (χ2v) is 10.7. The SMILES string of the molecule is CN(C)c1nc(CCCC2CCC(CNC(=O)c3ccc(Cl)s3)CC2)nc2ccccc12. The predicted molar refractivity (Wildman–Crippen MR) is 134 cm³/mol. The molecule has 1 aliphatic carbocycles. The van der Waals surface area contributed by atoms with Gasteiger partial charge in [0.2, 0.25) is 0 Å². The number of aromatic nitrogens is 2. The molecule has 0 unspecified atom stereocenters. The Bertz CT molecular complexity index is 1060. The van der Waals surface area contributed by atoms with Gasteiger partial charge in [0.25, 0.3) is 5.91 Å². The van der Waals surface area contributed by atoms with E-state index >= 15 is 0 Å². The number of hydrogen-bond donors (Lipinski definition) is 1. The monoisotopic (exact) mass is 470 g/mol. The number of amides is 1. The number of rotatable bonds is 8. The fraction of sp³-hybridized carbons (Fsp3) is 0.480. The van der Waals surface area contributed by atoms with E-state index in [-0.39, 0.29) is 5.91 Å². The molecule has 2 aromatic heterocycles. The number of benzene rings is 1. The van der Waals surface area contributed by atoms with Gasteiger partial charge in [-0.15, -0.1) is 11.3 Å². The first-order valence-corrected chi connectivity index (χ1v) is 12.7. The Kier molecular flexibility index (Phi) is 7.63. The zero-order valence-corrected chi connectivity index (χ0v) is 20.4. The van der Waals surface area contributed by atoms with Crippen LogP contribution in [0.4, 0.5) is 5.82 Å². The first-order chi connectivity index (χ1) is 15.5. The van der Waals surface area contributed by atoms with Crippen LogP contribution in [0.15, 0.2) is 36.4 Å². The second kappa shape index (κ2) is 10.6. The van der Waals surface area contributed by atoms with Crippen LogP contribution in [0.3, 0.4) is 0 Å². The minimum atomic E-state index is -0.00324. The van der Waals surface area contributed by atoms with Gasteiger partial charge in [0.15, 0.2) is 0 Å². The Balaban J connectivity index is 1.21. The third-order valence-electron chi connectivity index (χ3n) is 6.38. The molecule has 7 heteroatoms. The quantitative estimate of drug-likeness (QED) is 0.440. The van der Waals surface area contributed by atoms with Gasteiger partial charge >= 0.3 is 0 Å². The molecule has 1 amide bonds. The Morgan fingerprint density at radius 2 is 1.84 bits per heavy atom. The molecule has 3 aromatic rings. The number of halogens is 1. The normalized spacial score (nSPS) is 18.6. The fourth-order valence-electron chi connectivity index (χ4n) is 4.59. The van der Waals surface area contributed by atoms with Crippen molar-refractivity contribution in [3.05, 3.63) is 51.4 Å². The largest absolute Gasteiger partial charge is 0.362 e. The molecule has 1 saturated carbocycles. The van der Waals surface area contributed by atoms with Gasteiger partial charge in [0, 0.05) is 32.4 Å². The highest BCUT2D eigenvalue weighted by Gasteiger charge is 2.22. The van der Waals surface area contributed by atoms with E-state index in [2.05, 4.69) is 22.3 Å². The Morgan fingerprint density at radius 3 is 2.56 bits per heavy atom. The molecule has 32 heavy (non-hydrogen) atoms. The van der Waals surface area contributed by atoms with Crippen LogP contribution in [0, 0.1) is 11.8 Å². The standard InChI is InChI=1S/C25H31ClN4OS/c1-30(2)24-19-7-3-4-8-20(19)28-23(29-24)9-5-6-17-10-12-18(13-11-17)16-27-25(31)21-14-15-22(26)32-21/h3-4,7-8,14-15,17-18H,5-6,9-13,16H2,1-2H3,(H,27,31). The summed E-state index contributed by atoms with van der Waals surface area (Å²) in [5.41, 5.74) is 1.02. The Labute approximate surface area is 199 Å². The van der Waals surface area contributed by atoms with Gasteiger partial charge in [-0.2, -0.15) is 0 Å².